The Balaban J connectivity index is 3.34. The summed E-state index contributed by atoms with van der Waals surface area (Å²) >= 11 is 4.26. The molecule has 0 amide bonds. The third-order valence-electron chi connectivity index (χ3n) is 0.644. The molecule has 0 aromatic carbocycles. The molecule has 0 nitrogen and oxygen atoms in total. The van der Waals surface area contributed by atoms with Crippen LogP contribution in [0.1, 0.15) is 20.3 Å². The van der Waals surface area contributed by atoms with E-state index < -0.39 is 0 Å². The molecule has 42 valence electrons. The highest BCUT2D eigenvalue weighted by molar-refractivity contribution is 7.81. The Bertz CT molecular complexity index is 59.1. The Kier molecular flexibility index (Phi) is 2.44. The van der Waals surface area contributed by atoms with Gasteiger partial charge in [0.1, 0.15) is 0 Å². The zero-order chi connectivity index (χ0) is 5.91. The van der Waals surface area contributed by atoms with Gasteiger partial charge in [-0.05, 0) is 6.42 Å². The Labute approximate surface area is 51.0 Å². The number of rotatable bonds is 2. The van der Waals surface area contributed by atoms with E-state index in [-0.39, 0.29) is 4.75 Å². The van der Waals surface area contributed by atoms with Gasteiger partial charge in [-0.2, -0.15) is 12.6 Å². The fraction of sp³-hybridized carbons (Fsp3) is 0.667. The summed E-state index contributed by atoms with van der Waals surface area (Å²) in [6, 6.07) is 0. The summed E-state index contributed by atoms with van der Waals surface area (Å²) in [7, 11) is 0. The molecule has 0 aliphatic rings. The number of hydrogen-bond acceptors (Lipinski definition) is 1. The molecule has 0 saturated carbocycles. The van der Waals surface area contributed by atoms with E-state index in [0.29, 0.717) is 0 Å². The van der Waals surface area contributed by atoms with Gasteiger partial charge in [-0.25, -0.2) is 0 Å². The van der Waals surface area contributed by atoms with Gasteiger partial charge in [0.2, 0.25) is 0 Å². The lowest BCUT2D eigenvalue weighted by molar-refractivity contribution is 0.734. The molecule has 0 aromatic rings. The van der Waals surface area contributed by atoms with Crippen LogP contribution in [-0.4, -0.2) is 4.75 Å². The van der Waals surface area contributed by atoms with Crippen LogP contribution in [0, 0.1) is 0 Å². The Morgan fingerprint density at radius 2 is 2.14 bits per heavy atom. The first-order valence-electron chi connectivity index (χ1n) is 2.39. The average Bonchev–Trinajstić information content (AvgIpc) is 1.30. The molecular formula is C6H12S. The molecule has 0 rings (SSSR count). The van der Waals surface area contributed by atoms with Gasteiger partial charge in [0.25, 0.3) is 0 Å². The second kappa shape index (κ2) is 2.41. The zero-order valence-corrected chi connectivity index (χ0v) is 5.83. The summed E-state index contributed by atoms with van der Waals surface area (Å²) < 4.78 is 0.127. The van der Waals surface area contributed by atoms with Crippen LogP contribution in [0.2, 0.25) is 0 Å². The fourth-order valence-corrected chi connectivity index (χ4v) is 0.482. The minimum atomic E-state index is 0.127. The van der Waals surface area contributed by atoms with Gasteiger partial charge >= 0.3 is 0 Å². The molecule has 1 heteroatoms. The molecule has 0 saturated heterocycles. The minimum absolute atomic E-state index is 0.127. The quantitative estimate of drug-likeness (QED) is 0.415. The highest BCUT2D eigenvalue weighted by Gasteiger charge is 2.06. The number of allylic oxidation sites excluding steroid dienone is 1. The van der Waals surface area contributed by atoms with Crippen LogP contribution < -0.4 is 0 Å². The van der Waals surface area contributed by atoms with E-state index in [0.717, 1.165) is 6.42 Å². The van der Waals surface area contributed by atoms with E-state index in [1.807, 2.05) is 6.08 Å². The maximum absolute atomic E-state index is 4.26. The lowest BCUT2D eigenvalue weighted by Gasteiger charge is -2.12. The minimum Gasteiger partial charge on any atom is -0.173 e. The second-order valence-corrected chi connectivity index (χ2v) is 3.52. The van der Waals surface area contributed by atoms with Gasteiger partial charge in [0, 0.05) is 4.75 Å². The van der Waals surface area contributed by atoms with Crippen molar-refractivity contribution in [1.82, 2.24) is 0 Å². The first-order chi connectivity index (χ1) is 3.06. The largest absolute Gasteiger partial charge is 0.173 e. The van der Waals surface area contributed by atoms with E-state index in [4.69, 9.17) is 0 Å². The van der Waals surface area contributed by atoms with Crippen LogP contribution in [0.4, 0.5) is 0 Å². The van der Waals surface area contributed by atoms with Crippen molar-refractivity contribution in [2.75, 3.05) is 0 Å². The topological polar surface area (TPSA) is 0 Å². The van der Waals surface area contributed by atoms with Crippen molar-refractivity contribution in [2.45, 2.75) is 25.0 Å². The zero-order valence-electron chi connectivity index (χ0n) is 4.94. The molecule has 0 aliphatic heterocycles. The predicted octanol–water partition coefficient (Wildman–Crippen LogP) is 2.27. The van der Waals surface area contributed by atoms with Gasteiger partial charge in [0.15, 0.2) is 0 Å². The molecular weight excluding hydrogens is 104 g/mol. The van der Waals surface area contributed by atoms with E-state index in [1.165, 1.54) is 0 Å². The predicted molar refractivity (Wildman–Crippen MR) is 37.9 cm³/mol. The number of hydrogen-bond donors (Lipinski definition) is 1. The maximum Gasteiger partial charge on any atom is 0.0107 e. The third kappa shape index (κ3) is 6.09. The molecule has 0 radical (unpaired) electrons. The third-order valence-corrected chi connectivity index (χ3v) is 0.826. The van der Waals surface area contributed by atoms with Crippen LogP contribution >= 0.6 is 12.6 Å². The summed E-state index contributed by atoms with van der Waals surface area (Å²) in [5.41, 5.74) is 0. The van der Waals surface area contributed by atoms with Crippen LogP contribution in [0.3, 0.4) is 0 Å². The first-order valence-corrected chi connectivity index (χ1v) is 2.84. The monoisotopic (exact) mass is 116 g/mol. The van der Waals surface area contributed by atoms with E-state index in [9.17, 15) is 0 Å². The molecule has 0 aromatic heterocycles. The highest BCUT2D eigenvalue weighted by Crippen LogP contribution is 2.16. The molecule has 0 aliphatic carbocycles. The fourth-order valence-electron chi connectivity index (χ4n) is 0.353. The average molecular weight is 116 g/mol. The standard InChI is InChI=1S/C6H12S/c1-4-5-6(2,3)7/h4,7H,1,5H2,2-3H3. The molecule has 0 fully saturated rings. The summed E-state index contributed by atoms with van der Waals surface area (Å²) in [4.78, 5) is 0. The van der Waals surface area contributed by atoms with Crippen LogP contribution in [0.25, 0.3) is 0 Å². The second-order valence-electron chi connectivity index (χ2n) is 2.31. The van der Waals surface area contributed by atoms with Crippen molar-refractivity contribution >= 4 is 12.6 Å². The SMILES string of the molecule is C=CCC(C)(C)S. The van der Waals surface area contributed by atoms with Gasteiger partial charge in [-0.1, -0.05) is 19.9 Å². The Morgan fingerprint density at radius 1 is 1.71 bits per heavy atom. The highest BCUT2D eigenvalue weighted by atomic mass is 32.1. The molecule has 0 atom stereocenters. The number of thiol groups is 1. The molecule has 0 unspecified atom stereocenters. The van der Waals surface area contributed by atoms with Gasteiger partial charge in [-0.15, -0.1) is 6.58 Å². The van der Waals surface area contributed by atoms with E-state index in [1.54, 1.807) is 0 Å². The lowest BCUT2D eigenvalue weighted by atomic mass is 10.1. The van der Waals surface area contributed by atoms with Crippen molar-refractivity contribution in [1.29, 1.82) is 0 Å². The van der Waals surface area contributed by atoms with Crippen LogP contribution in [-0.2, 0) is 0 Å². The van der Waals surface area contributed by atoms with Crippen molar-refractivity contribution in [3.8, 4) is 0 Å². The first kappa shape index (κ1) is 7.09. The molecule has 0 spiro atoms. The molecule has 0 bridgehead atoms. The summed E-state index contributed by atoms with van der Waals surface area (Å²) in [6.07, 6.45) is 2.85. The normalized spacial score (nSPS) is 11.3. The summed E-state index contributed by atoms with van der Waals surface area (Å²) in [5.74, 6) is 0. The van der Waals surface area contributed by atoms with Gasteiger partial charge < -0.3 is 0 Å². The smallest absolute Gasteiger partial charge is 0.0107 e. The van der Waals surface area contributed by atoms with Crippen molar-refractivity contribution in [2.24, 2.45) is 0 Å². The molecule has 0 heterocycles. The Morgan fingerprint density at radius 3 is 2.14 bits per heavy atom. The van der Waals surface area contributed by atoms with E-state index >= 15 is 0 Å². The summed E-state index contributed by atoms with van der Waals surface area (Å²) in [6.45, 7) is 7.73. The molecule has 0 N–H and O–H groups in total. The van der Waals surface area contributed by atoms with Crippen molar-refractivity contribution in [3.63, 3.8) is 0 Å². The van der Waals surface area contributed by atoms with E-state index in [2.05, 4.69) is 33.1 Å². The van der Waals surface area contributed by atoms with Gasteiger partial charge in [-0.3, -0.25) is 0 Å². The summed E-state index contributed by atoms with van der Waals surface area (Å²) in [5, 5.41) is 0. The van der Waals surface area contributed by atoms with Crippen molar-refractivity contribution in [3.05, 3.63) is 12.7 Å². The van der Waals surface area contributed by atoms with Crippen molar-refractivity contribution < 1.29 is 0 Å². The Hall–Kier alpha value is 0.0900. The molecule has 7 heavy (non-hydrogen) atoms. The van der Waals surface area contributed by atoms with Crippen LogP contribution in [0.5, 0.6) is 0 Å². The van der Waals surface area contributed by atoms with Crippen LogP contribution in [0.15, 0.2) is 12.7 Å². The lowest BCUT2D eigenvalue weighted by Crippen LogP contribution is -2.06. The van der Waals surface area contributed by atoms with Gasteiger partial charge in [0.05, 0.1) is 0 Å². The maximum atomic E-state index is 4.26.